The van der Waals surface area contributed by atoms with Gasteiger partial charge >= 0.3 is 7.55 Å². The first-order valence-electron chi connectivity index (χ1n) is 14.4. The second-order valence-corrected chi connectivity index (χ2v) is 11.0. The van der Waals surface area contributed by atoms with Crippen LogP contribution in [0.1, 0.15) is 67.8 Å². The second kappa shape index (κ2) is 10.3. The number of benzene rings is 3. The first-order chi connectivity index (χ1) is 19.4. The molecule has 0 aliphatic carbocycles. The Morgan fingerprint density at radius 2 is 1.20 bits per heavy atom. The minimum atomic E-state index is 0.0716. The maximum Gasteiger partial charge on any atom is 0.699 e. The molecule has 1 N–H and O–H groups in total. The number of aliphatic hydroxyl groups excluding tert-OH is 1. The van der Waals surface area contributed by atoms with E-state index in [1.165, 1.54) is 72.9 Å². The van der Waals surface area contributed by atoms with Gasteiger partial charge in [-0.2, -0.15) is 0 Å². The zero-order valence-corrected chi connectivity index (χ0v) is 24.5. The summed E-state index contributed by atoms with van der Waals surface area (Å²) < 4.78 is 4.84. The van der Waals surface area contributed by atoms with E-state index in [2.05, 4.69) is 119 Å². The number of aromatic nitrogens is 1. The highest BCUT2D eigenvalue weighted by atomic mass is 16.3. The monoisotopic (exact) mass is 524 g/mol. The van der Waals surface area contributed by atoms with Crippen molar-refractivity contribution in [3.05, 3.63) is 123 Å². The van der Waals surface area contributed by atoms with Gasteiger partial charge in [-0.05, 0) is 78.1 Å². The molecule has 0 bridgehead atoms. The van der Waals surface area contributed by atoms with Crippen LogP contribution in [0.3, 0.4) is 0 Å². The highest BCUT2D eigenvalue weighted by molar-refractivity contribution is 6.30. The van der Waals surface area contributed by atoms with Crippen LogP contribution in [0.25, 0.3) is 27.8 Å². The van der Waals surface area contributed by atoms with E-state index in [1.54, 1.807) is 0 Å². The van der Waals surface area contributed by atoms with Gasteiger partial charge in [-0.3, -0.25) is 4.49 Å². The molecule has 1 radical (unpaired) electrons. The quantitative estimate of drug-likeness (QED) is 0.256. The largest absolute Gasteiger partial charge is 0.699 e. The summed E-state index contributed by atoms with van der Waals surface area (Å²) in [7, 11) is 2.31. The third-order valence-corrected chi connectivity index (χ3v) is 8.97. The number of nitrogens with zero attached hydrogens (tertiary/aromatic N) is 2. The van der Waals surface area contributed by atoms with Crippen molar-refractivity contribution >= 4 is 18.8 Å². The van der Waals surface area contributed by atoms with E-state index in [0.29, 0.717) is 0 Å². The topological polar surface area (TPSA) is 28.2 Å². The van der Waals surface area contributed by atoms with Crippen molar-refractivity contribution in [2.45, 2.75) is 61.0 Å². The molecule has 40 heavy (non-hydrogen) atoms. The molecule has 4 heteroatoms. The van der Waals surface area contributed by atoms with E-state index in [9.17, 15) is 5.11 Å². The van der Waals surface area contributed by atoms with Crippen molar-refractivity contribution in [3.63, 3.8) is 0 Å². The number of allylic oxidation sites excluding steroid dienone is 2. The van der Waals surface area contributed by atoms with Crippen LogP contribution in [0, 0.1) is 13.8 Å². The average Bonchev–Trinajstić information content (AvgIpc) is 3.39. The Morgan fingerprint density at radius 3 is 1.68 bits per heavy atom. The van der Waals surface area contributed by atoms with E-state index >= 15 is 0 Å². The molecule has 0 atom stereocenters. The Bertz CT molecular complexity index is 1710. The van der Waals surface area contributed by atoms with E-state index in [4.69, 9.17) is 0 Å². The van der Waals surface area contributed by atoms with E-state index < -0.39 is 0 Å². The number of hydrogen-bond acceptors (Lipinski definition) is 1. The number of rotatable bonds is 6. The third kappa shape index (κ3) is 4.05. The van der Waals surface area contributed by atoms with Gasteiger partial charge in [-0.15, -0.1) is 0 Å². The fourth-order valence-electron chi connectivity index (χ4n) is 6.75. The summed E-state index contributed by atoms with van der Waals surface area (Å²) in [5, 5.41) is 9.33. The zero-order valence-electron chi connectivity index (χ0n) is 24.5. The highest BCUT2D eigenvalue weighted by Gasteiger charge is 2.43. The first kappa shape index (κ1) is 26.3. The maximum absolute atomic E-state index is 9.33. The molecular formula is C36H37BN2O+. The molecule has 6 rings (SSSR count). The lowest BCUT2D eigenvalue weighted by molar-refractivity contribution is -0.315. The fraction of sp³-hybridized carbons (Fsp3) is 0.250. The molecule has 0 saturated heterocycles. The molecule has 2 aliphatic heterocycles. The Hall–Kier alpha value is -3.89. The molecule has 1 aromatic heterocycles. The molecule has 0 amide bonds. The summed E-state index contributed by atoms with van der Waals surface area (Å²) in [6.45, 7) is 13.7. The van der Waals surface area contributed by atoms with Crippen LogP contribution in [0.15, 0.2) is 89.6 Å². The predicted molar refractivity (Wildman–Crippen MR) is 168 cm³/mol. The summed E-state index contributed by atoms with van der Waals surface area (Å²) in [6.07, 6.45) is 2.07. The van der Waals surface area contributed by atoms with Crippen LogP contribution >= 0.6 is 0 Å². The van der Waals surface area contributed by atoms with Crippen molar-refractivity contribution in [2.24, 2.45) is 0 Å². The lowest BCUT2D eigenvalue weighted by Crippen LogP contribution is -2.32. The van der Waals surface area contributed by atoms with Gasteiger partial charge in [0.05, 0.1) is 17.9 Å². The van der Waals surface area contributed by atoms with Crippen LogP contribution in [0.5, 0.6) is 0 Å². The molecule has 4 aromatic rings. The Labute approximate surface area is 239 Å². The number of fused-ring (bicyclic) bond motifs is 2. The summed E-state index contributed by atoms with van der Waals surface area (Å²) >= 11 is 0. The van der Waals surface area contributed by atoms with Crippen LogP contribution in [-0.2, 0) is 13.0 Å². The van der Waals surface area contributed by atoms with Gasteiger partial charge in [-0.1, -0.05) is 86.6 Å². The summed E-state index contributed by atoms with van der Waals surface area (Å²) in [4.78, 5) is 0. The Kier molecular flexibility index (Phi) is 6.76. The molecule has 0 spiro atoms. The highest BCUT2D eigenvalue weighted by Crippen LogP contribution is 2.42. The molecule has 199 valence electrons. The van der Waals surface area contributed by atoms with Gasteiger partial charge in [0.15, 0.2) is 11.4 Å². The average molecular weight is 525 g/mol. The van der Waals surface area contributed by atoms with Gasteiger partial charge in [0, 0.05) is 23.8 Å². The fourth-order valence-corrected chi connectivity index (χ4v) is 6.75. The van der Waals surface area contributed by atoms with Gasteiger partial charge in [0.25, 0.3) is 0 Å². The third-order valence-electron chi connectivity index (χ3n) is 8.97. The summed E-state index contributed by atoms with van der Waals surface area (Å²) in [5.41, 5.74) is 19.3. The smallest absolute Gasteiger partial charge is 0.392 e. The first-order valence-corrected chi connectivity index (χ1v) is 14.4. The van der Waals surface area contributed by atoms with E-state index in [-0.39, 0.29) is 6.61 Å². The molecular weight excluding hydrogens is 487 g/mol. The second-order valence-electron chi connectivity index (χ2n) is 11.0. The molecule has 3 heterocycles. The van der Waals surface area contributed by atoms with Gasteiger partial charge in [0.2, 0.25) is 0 Å². The van der Waals surface area contributed by atoms with E-state index in [1.807, 2.05) is 12.1 Å². The van der Waals surface area contributed by atoms with E-state index in [0.717, 1.165) is 24.0 Å². The standard InChI is InChI=1S/C36H37BN2O/c1-7-32-22(3)35-34(36-23(4)33(8-2)25(6)39(36)37-38(35)24(32)5)31-19-17-30(18-20-31)29-15-13-28(14-16-29)27-11-9-26(21-40)10-12-27/h9-20,40H,7-8,21H2,1-6H3/q+1. The summed E-state index contributed by atoms with van der Waals surface area (Å²) in [5.74, 6) is 0. The normalized spacial score (nSPS) is 14.6. The van der Waals surface area contributed by atoms with Gasteiger partial charge < -0.3 is 9.58 Å². The Morgan fingerprint density at radius 1 is 0.700 bits per heavy atom. The predicted octanol–water partition coefficient (Wildman–Crippen LogP) is 7.86. The molecule has 0 saturated carbocycles. The maximum atomic E-state index is 9.33. The molecule has 3 nitrogen and oxygen atoms in total. The number of hydrogen-bond donors (Lipinski definition) is 1. The van der Waals surface area contributed by atoms with Crippen LogP contribution in [0.2, 0.25) is 0 Å². The molecule has 2 aliphatic rings. The minimum Gasteiger partial charge on any atom is -0.392 e. The Balaban J connectivity index is 1.42. The summed E-state index contributed by atoms with van der Waals surface area (Å²) in [6, 6.07) is 26.0. The molecule has 0 fully saturated rings. The van der Waals surface area contributed by atoms with Crippen molar-refractivity contribution in [1.82, 2.24) is 4.48 Å². The molecule has 3 aromatic carbocycles. The van der Waals surface area contributed by atoms with Crippen LogP contribution in [0.4, 0.5) is 0 Å². The van der Waals surface area contributed by atoms with Crippen LogP contribution < -0.4 is 0 Å². The van der Waals surface area contributed by atoms with Gasteiger partial charge in [0.1, 0.15) is 0 Å². The minimum absolute atomic E-state index is 0.0716. The van der Waals surface area contributed by atoms with Crippen molar-refractivity contribution in [1.29, 1.82) is 0 Å². The van der Waals surface area contributed by atoms with Crippen molar-refractivity contribution in [3.8, 4) is 22.3 Å². The number of aliphatic hydroxyl groups is 1. The van der Waals surface area contributed by atoms with Crippen LogP contribution in [-0.4, -0.2) is 27.3 Å². The lowest BCUT2D eigenvalue weighted by Gasteiger charge is -2.20. The zero-order chi connectivity index (χ0) is 28.1. The lowest BCUT2D eigenvalue weighted by atomic mass is 9.88. The molecule has 0 unspecified atom stereocenters. The van der Waals surface area contributed by atoms with Gasteiger partial charge in [-0.25, -0.2) is 0 Å². The van der Waals surface area contributed by atoms with Crippen molar-refractivity contribution in [2.75, 3.05) is 0 Å². The SMILES string of the molecule is CCC1=C(C)C2=C(c3ccc(-c4ccc(-c5ccc(CO)cc5)cc4)cc3)c3c(C)c(CC)c(C)n3[B][N+]2=C1C. The van der Waals surface area contributed by atoms with Crippen molar-refractivity contribution < 1.29 is 9.59 Å².